The van der Waals surface area contributed by atoms with Crippen molar-refractivity contribution in [2.45, 2.75) is 6.92 Å². The standard InChI is InChI=1S/C11H10BrFO3/c1-7(2-11(14)15)6-16-10-4-8(12)3-9(13)5-10/h2-5H,6H2,1H3,(H,14,15)/b7-2-. The van der Waals surface area contributed by atoms with Crippen molar-refractivity contribution in [2.24, 2.45) is 0 Å². The number of carboxylic acid groups (broad SMARTS) is 1. The van der Waals surface area contributed by atoms with Crippen LogP contribution in [0.4, 0.5) is 4.39 Å². The molecule has 5 heteroatoms. The van der Waals surface area contributed by atoms with Crippen LogP contribution in [0.5, 0.6) is 5.75 Å². The van der Waals surface area contributed by atoms with Crippen molar-refractivity contribution in [2.75, 3.05) is 6.61 Å². The molecule has 0 aliphatic heterocycles. The molecule has 0 unspecified atom stereocenters. The molecule has 0 amide bonds. The first-order chi connectivity index (χ1) is 7.47. The van der Waals surface area contributed by atoms with Crippen LogP contribution >= 0.6 is 15.9 Å². The SMILES string of the molecule is C/C(=C/C(=O)O)COc1cc(F)cc(Br)c1. The molecular formula is C11H10BrFO3. The lowest BCUT2D eigenvalue weighted by Gasteiger charge is -2.06. The van der Waals surface area contributed by atoms with Crippen LogP contribution in [0, 0.1) is 5.82 Å². The van der Waals surface area contributed by atoms with Gasteiger partial charge >= 0.3 is 5.97 Å². The molecule has 0 saturated carbocycles. The summed E-state index contributed by atoms with van der Waals surface area (Å²) in [6, 6.07) is 4.16. The summed E-state index contributed by atoms with van der Waals surface area (Å²) in [6.45, 7) is 1.74. The van der Waals surface area contributed by atoms with E-state index in [9.17, 15) is 9.18 Å². The average molecular weight is 289 g/mol. The number of benzene rings is 1. The third-order valence-electron chi connectivity index (χ3n) is 1.67. The fourth-order valence-electron chi connectivity index (χ4n) is 1.06. The Morgan fingerprint density at radius 1 is 1.56 bits per heavy atom. The summed E-state index contributed by atoms with van der Waals surface area (Å²) in [6.07, 6.45) is 1.05. The fraction of sp³-hybridized carbons (Fsp3) is 0.182. The number of hydrogen-bond acceptors (Lipinski definition) is 2. The quantitative estimate of drug-likeness (QED) is 0.867. The molecule has 1 aromatic rings. The first-order valence-corrected chi connectivity index (χ1v) is 5.25. The molecule has 0 radical (unpaired) electrons. The van der Waals surface area contributed by atoms with Crippen LogP contribution < -0.4 is 4.74 Å². The van der Waals surface area contributed by atoms with Gasteiger partial charge in [-0.05, 0) is 24.6 Å². The molecule has 0 aromatic heterocycles. The van der Waals surface area contributed by atoms with E-state index in [0.29, 0.717) is 15.8 Å². The molecule has 0 fully saturated rings. The Morgan fingerprint density at radius 3 is 2.81 bits per heavy atom. The molecule has 1 rings (SSSR count). The minimum atomic E-state index is -1.03. The number of ether oxygens (including phenoxy) is 1. The second kappa shape index (κ2) is 5.65. The van der Waals surface area contributed by atoms with Gasteiger partial charge in [-0.15, -0.1) is 0 Å². The van der Waals surface area contributed by atoms with E-state index < -0.39 is 11.8 Å². The van der Waals surface area contributed by atoms with Gasteiger partial charge < -0.3 is 9.84 Å². The highest BCUT2D eigenvalue weighted by Crippen LogP contribution is 2.20. The average Bonchev–Trinajstić information content (AvgIpc) is 2.12. The topological polar surface area (TPSA) is 46.5 Å². The molecule has 0 atom stereocenters. The highest BCUT2D eigenvalue weighted by Gasteiger charge is 2.01. The summed E-state index contributed by atoms with van der Waals surface area (Å²) < 4.78 is 18.7. The van der Waals surface area contributed by atoms with Gasteiger partial charge in [0, 0.05) is 16.6 Å². The molecular weight excluding hydrogens is 279 g/mol. The molecule has 1 aromatic carbocycles. The van der Waals surface area contributed by atoms with Gasteiger partial charge in [0.05, 0.1) is 0 Å². The lowest BCUT2D eigenvalue weighted by molar-refractivity contribution is -0.131. The summed E-state index contributed by atoms with van der Waals surface area (Å²) in [5.74, 6) is -1.09. The molecule has 1 N–H and O–H groups in total. The Hall–Kier alpha value is -1.36. The fourth-order valence-corrected chi connectivity index (χ4v) is 1.51. The third-order valence-corrected chi connectivity index (χ3v) is 2.13. The van der Waals surface area contributed by atoms with Crippen LogP contribution in [0.25, 0.3) is 0 Å². The van der Waals surface area contributed by atoms with Crippen LogP contribution in [0.15, 0.2) is 34.3 Å². The zero-order chi connectivity index (χ0) is 12.1. The van der Waals surface area contributed by atoms with Crippen molar-refractivity contribution in [3.05, 3.63) is 40.1 Å². The van der Waals surface area contributed by atoms with Crippen LogP contribution in [0.3, 0.4) is 0 Å². The van der Waals surface area contributed by atoms with Crippen LogP contribution in [-0.4, -0.2) is 17.7 Å². The summed E-state index contributed by atoms with van der Waals surface area (Å²) in [5.41, 5.74) is 0.549. The molecule has 0 aliphatic carbocycles. The number of aliphatic carboxylic acids is 1. The van der Waals surface area contributed by atoms with Gasteiger partial charge in [0.25, 0.3) is 0 Å². The van der Waals surface area contributed by atoms with Crippen molar-refractivity contribution >= 4 is 21.9 Å². The first-order valence-electron chi connectivity index (χ1n) is 4.46. The van der Waals surface area contributed by atoms with E-state index in [1.807, 2.05) is 0 Å². The van der Waals surface area contributed by atoms with Crippen molar-refractivity contribution in [3.8, 4) is 5.75 Å². The maximum Gasteiger partial charge on any atom is 0.328 e. The monoisotopic (exact) mass is 288 g/mol. The molecule has 86 valence electrons. The molecule has 0 bridgehead atoms. The summed E-state index contributed by atoms with van der Waals surface area (Å²) in [5, 5.41) is 8.47. The molecule has 0 heterocycles. The molecule has 0 spiro atoms. The molecule has 16 heavy (non-hydrogen) atoms. The highest BCUT2D eigenvalue weighted by atomic mass is 79.9. The van der Waals surface area contributed by atoms with Crippen LogP contribution in [0.1, 0.15) is 6.92 Å². The second-order valence-corrected chi connectivity index (χ2v) is 4.14. The van der Waals surface area contributed by atoms with Crippen molar-refractivity contribution in [1.82, 2.24) is 0 Å². The lowest BCUT2D eigenvalue weighted by atomic mass is 10.3. The maximum absolute atomic E-state index is 12.9. The van der Waals surface area contributed by atoms with Gasteiger partial charge in [0.15, 0.2) is 0 Å². The van der Waals surface area contributed by atoms with Gasteiger partial charge in [-0.2, -0.15) is 0 Å². The Kier molecular flexibility index (Phi) is 4.49. The predicted octanol–water partition coefficient (Wildman–Crippen LogP) is 3.00. The van der Waals surface area contributed by atoms with Crippen LogP contribution in [0.2, 0.25) is 0 Å². The first kappa shape index (κ1) is 12.7. The van der Waals surface area contributed by atoms with Gasteiger partial charge in [-0.1, -0.05) is 15.9 Å². The van der Waals surface area contributed by atoms with Gasteiger partial charge in [-0.25, -0.2) is 9.18 Å². The Balaban J connectivity index is 2.64. The number of halogens is 2. The lowest BCUT2D eigenvalue weighted by Crippen LogP contribution is -2.01. The Labute approximate surface area is 101 Å². The largest absolute Gasteiger partial charge is 0.489 e. The number of carboxylic acids is 1. The smallest absolute Gasteiger partial charge is 0.328 e. The van der Waals surface area contributed by atoms with Gasteiger partial charge in [0.1, 0.15) is 18.2 Å². The molecule has 3 nitrogen and oxygen atoms in total. The van der Waals surface area contributed by atoms with E-state index in [1.165, 1.54) is 12.1 Å². The highest BCUT2D eigenvalue weighted by molar-refractivity contribution is 9.10. The van der Waals surface area contributed by atoms with Crippen LogP contribution in [-0.2, 0) is 4.79 Å². The second-order valence-electron chi connectivity index (χ2n) is 3.22. The van der Waals surface area contributed by atoms with E-state index in [1.54, 1.807) is 13.0 Å². The van der Waals surface area contributed by atoms with E-state index in [2.05, 4.69) is 15.9 Å². The summed E-state index contributed by atoms with van der Waals surface area (Å²) in [4.78, 5) is 10.3. The van der Waals surface area contributed by atoms with E-state index in [0.717, 1.165) is 6.08 Å². The Bertz CT molecular complexity index is 409. The van der Waals surface area contributed by atoms with E-state index in [-0.39, 0.29) is 6.61 Å². The predicted molar refractivity (Wildman–Crippen MR) is 61.0 cm³/mol. The van der Waals surface area contributed by atoms with Crippen molar-refractivity contribution in [1.29, 1.82) is 0 Å². The van der Waals surface area contributed by atoms with E-state index in [4.69, 9.17) is 9.84 Å². The normalized spacial score (nSPS) is 11.3. The summed E-state index contributed by atoms with van der Waals surface area (Å²) in [7, 11) is 0. The third kappa shape index (κ3) is 4.44. The number of hydrogen-bond donors (Lipinski definition) is 1. The zero-order valence-corrected chi connectivity index (χ0v) is 10.1. The maximum atomic E-state index is 12.9. The molecule has 0 aliphatic rings. The van der Waals surface area contributed by atoms with Crippen molar-refractivity contribution in [3.63, 3.8) is 0 Å². The zero-order valence-electron chi connectivity index (χ0n) is 8.54. The summed E-state index contributed by atoms with van der Waals surface area (Å²) >= 11 is 3.13. The number of rotatable bonds is 4. The van der Waals surface area contributed by atoms with Crippen molar-refractivity contribution < 1.29 is 19.0 Å². The van der Waals surface area contributed by atoms with E-state index >= 15 is 0 Å². The minimum Gasteiger partial charge on any atom is -0.489 e. The van der Waals surface area contributed by atoms with Gasteiger partial charge in [0.2, 0.25) is 0 Å². The van der Waals surface area contributed by atoms with Gasteiger partial charge in [-0.3, -0.25) is 0 Å². The minimum absolute atomic E-state index is 0.113. The number of carbonyl (C=O) groups is 1. The Morgan fingerprint density at radius 2 is 2.25 bits per heavy atom. The molecule has 0 saturated heterocycles.